The number of aryl methyl sites for hydroxylation is 1. The molecule has 1 aromatic carbocycles. The van der Waals surface area contributed by atoms with E-state index in [0.29, 0.717) is 5.92 Å². The van der Waals surface area contributed by atoms with E-state index >= 15 is 0 Å². The fraction of sp³-hybridized carbons (Fsp3) is 0.400. The highest BCUT2D eigenvalue weighted by Crippen LogP contribution is 2.46. The van der Waals surface area contributed by atoms with Crippen LogP contribution in [0.25, 0.3) is 0 Å². The molecule has 1 aliphatic rings. The fourth-order valence-electron chi connectivity index (χ4n) is 2.88. The van der Waals surface area contributed by atoms with E-state index in [1.807, 2.05) is 23.5 Å². The van der Waals surface area contributed by atoms with Crippen LogP contribution in [0.15, 0.2) is 35.4 Å². The Morgan fingerprint density at radius 1 is 1.50 bits per heavy atom. The zero-order valence-electron chi connectivity index (χ0n) is 11.6. The van der Waals surface area contributed by atoms with Crippen molar-refractivity contribution in [2.75, 3.05) is 12.3 Å². The lowest BCUT2D eigenvalue weighted by molar-refractivity contribution is 0.454. The van der Waals surface area contributed by atoms with Gasteiger partial charge < -0.3 is 5.32 Å². The molecule has 0 spiro atoms. The molecule has 0 aliphatic carbocycles. The van der Waals surface area contributed by atoms with Gasteiger partial charge in [0.15, 0.2) is 0 Å². The molecule has 3 nitrogen and oxygen atoms in total. The van der Waals surface area contributed by atoms with Crippen molar-refractivity contribution in [1.29, 1.82) is 0 Å². The maximum absolute atomic E-state index is 6.35. The van der Waals surface area contributed by atoms with Gasteiger partial charge in [-0.05, 0) is 18.2 Å². The Morgan fingerprint density at radius 2 is 2.30 bits per heavy atom. The summed E-state index contributed by atoms with van der Waals surface area (Å²) in [5.41, 5.74) is 2.50. The van der Waals surface area contributed by atoms with E-state index in [1.165, 1.54) is 10.5 Å². The van der Waals surface area contributed by atoms with Gasteiger partial charge in [-0.25, -0.2) is 0 Å². The summed E-state index contributed by atoms with van der Waals surface area (Å²) < 4.78 is 1.89. The second kappa shape index (κ2) is 5.80. The first-order valence-electron chi connectivity index (χ1n) is 6.85. The van der Waals surface area contributed by atoms with Crippen LogP contribution in [-0.4, -0.2) is 22.1 Å². The van der Waals surface area contributed by atoms with E-state index < -0.39 is 0 Å². The van der Waals surface area contributed by atoms with Crippen LogP contribution in [0, 0.1) is 0 Å². The third kappa shape index (κ3) is 2.36. The van der Waals surface area contributed by atoms with Crippen LogP contribution in [0.2, 0.25) is 5.02 Å². The number of thioether (sulfide) groups is 1. The molecule has 0 bridgehead atoms. The number of likely N-dealkylation sites (N-methyl/N-ethyl adjacent to an activating group) is 1. The van der Waals surface area contributed by atoms with E-state index in [0.717, 1.165) is 23.0 Å². The van der Waals surface area contributed by atoms with Gasteiger partial charge in [0.05, 0.1) is 23.0 Å². The van der Waals surface area contributed by atoms with E-state index in [2.05, 4.69) is 41.6 Å². The molecule has 2 aromatic rings. The van der Waals surface area contributed by atoms with Gasteiger partial charge in [-0.2, -0.15) is 5.10 Å². The number of hydrogen-bond acceptors (Lipinski definition) is 3. The number of rotatable bonds is 4. The first-order valence-corrected chi connectivity index (χ1v) is 8.21. The van der Waals surface area contributed by atoms with Crippen LogP contribution in [0.3, 0.4) is 0 Å². The van der Waals surface area contributed by atoms with E-state index in [-0.39, 0.29) is 6.04 Å². The van der Waals surface area contributed by atoms with Gasteiger partial charge in [0.2, 0.25) is 0 Å². The lowest BCUT2D eigenvalue weighted by atomic mass is 9.91. The number of nitrogens with one attached hydrogen (secondary N) is 1. The number of benzene rings is 1. The summed E-state index contributed by atoms with van der Waals surface area (Å²) in [6.07, 6.45) is 1.73. The van der Waals surface area contributed by atoms with Gasteiger partial charge in [0.1, 0.15) is 0 Å². The molecule has 0 fully saturated rings. The summed E-state index contributed by atoms with van der Waals surface area (Å²) in [6.45, 7) is 3.04. The van der Waals surface area contributed by atoms with E-state index in [1.54, 1.807) is 6.20 Å². The molecular weight excluding hydrogens is 290 g/mol. The molecule has 0 radical (unpaired) electrons. The summed E-state index contributed by atoms with van der Waals surface area (Å²) in [5.74, 6) is 1.52. The third-order valence-electron chi connectivity index (χ3n) is 3.80. The number of hydrogen-bond donors (Lipinski definition) is 1. The highest BCUT2D eigenvalue weighted by atomic mass is 35.5. The monoisotopic (exact) mass is 307 g/mol. The maximum atomic E-state index is 6.35. The van der Waals surface area contributed by atoms with Crippen molar-refractivity contribution in [3.8, 4) is 0 Å². The summed E-state index contributed by atoms with van der Waals surface area (Å²) >= 11 is 8.28. The largest absolute Gasteiger partial charge is 0.308 e. The Labute approximate surface area is 128 Å². The molecule has 1 aliphatic heterocycles. The van der Waals surface area contributed by atoms with Crippen LogP contribution in [0.1, 0.15) is 30.1 Å². The molecule has 3 rings (SSSR count). The second-order valence-corrected chi connectivity index (χ2v) is 6.46. The standard InChI is InChI=1S/C15H18ClN3S/c1-3-17-14(15-12(16)8-18-19(15)2)11-9-20-13-7-5-4-6-10(11)13/h4-8,11,14,17H,3,9H2,1-2H3. The van der Waals surface area contributed by atoms with Gasteiger partial charge in [-0.3, -0.25) is 4.68 Å². The Bertz CT molecular complexity index is 591. The fourth-order valence-corrected chi connectivity index (χ4v) is 4.46. The van der Waals surface area contributed by atoms with Crippen LogP contribution < -0.4 is 5.32 Å². The van der Waals surface area contributed by atoms with Crippen LogP contribution in [0.5, 0.6) is 0 Å². The third-order valence-corrected chi connectivity index (χ3v) is 5.30. The normalized spacial score (nSPS) is 19.1. The number of aromatic nitrogens is 2. The molecule has 1 aromatic heterocycles. The maximum Gasteiger partial charge on any atom is 0.0834 e. The van der Waals surface area contributed by atoms with Crippen molar-refractivity contribution in [2.45, 2.75) is 23.8 Å². The molecule has 0 saturated heterocycles. The minimum Gasteiger partial charge on any atom is -0.308 e. The van der Waals surface area contributed by atoms with Gasteiger partial charge in [-0.15, -0.1) is 11.8 Å². The smallest absolute Gasteiger partial charge is 0.0834 e. The molecule has 2 heterocycles. The summed E-state index contributed by atoms with van der Waals surface area (Å²) in [6, 6.07) is 8.86. The van der Waals surface area contributed by atoms with Crippen molar-refractivity contribution >= 4 is 23.4 Å². The minimum absolute atomic E-state index is 0.205. The van der Waals surface area contributed by atoms with Gasteiger partial charge >= 0.3 is 0 Å². The average Bonchev–Trinajstić information content (AvgIpc) is 3.01. The molecule has 2 unspecified atom stereocenters. The van der Waals surface area contributed by atoms with Gasteiger partial charge in [-0.1, -0.05) is 36.7 Å². The quantitative estimate of drug-likeness (QED) is 0.936. The predicted octanol–water partition coefficient (Wildman–Crippen LogP) is 3.61. The first kappa shape index (κ1) is 14.0. The highest BCUT2D eigenvalue weighted by molar-refractivity contribution is 7.99. The Morgan fingerprint density at radius 3 is 3.00 bits per heavy atom. The lowest BCUT2D eigenvalue weighted by Crippen LogP contribution is -2.29. The van der Waals surface area contributed by atoms with E-state index in [9.17, 15) is 0 Å². The summed E-state index contributed by atoms with van der Waals surface area (Å²) in [4.78, 5) is 1.39. The van der Waals surface area contributed by atoms with Crippen molar-refractivity contribution < 1.29 is 0 Å². The van der Waals surface area contributed by atoms with Gasteiger partial charge in [0.25, 0.3) is 0 Å². The van der Waals surface area contributed by atoms with E-state index in [4.69, 9.17) is 11.6 Å². The topological polar surface area (TPSA) is 29.9 Å². The molecule has 5 heteroatoms. The lowest BCUT2D eigenvalue weighted by Gasteiger charge is -2.25. The Hall–Kier alpha value is -0.970. The van der Waals surface area contributed by atoms with Gasteiger partial charge in [0, 0.05) is 23.6 Å². The molecular formula is C15H18ClN3S. The zero-order valence-corrected chi connectivity index (χ0v) is 13.2. The molecule has 0 amide bonds. The minimum atomic E-state index is 0.205. The Balaban J connectivity index is 2.01. The molecule has 1 N–H and O–H groups in total. The summed E-state index contributed by atoms with van der Waals surface area (Å²) in [5, 5.41) is 8.62. The SMILES string of the molecule is CCNC(c1c(Cl)cnn1C)C1CSc2ccccc21. The van der Waals surface area contributed by atoms with Crippen LogP contribution >= 0.6 is 23.4 Å². The highest BCUT2D eigenvalue weighted by Gasteiger charge is 2.33. The summed E-state index contributed by atoms with van der Waals surface area (Å²) in [7, 11) is 1.96. The number of halogens is 1. The zero-order chi connectivity index (χ0) is 14.1. The second-order valence-electron chi connectivity index (χ2n) is 4.99. The molecule has 20 heavy (non-hydrogen) atoms. The molecule has 106 valence electrons. The first-order chi connectivity index (χ1) is 9.72. The average molecular weight is 308 g/mol. The Kier molecular flexibility index (Phi) is 4.06. The molecule has 0 saturated carbocycles. The van der Waals surface area contributed by atoms with Crippen molar-refractivity contribution in [3.05, 3.63) is 46.7 Å². The molecule has 2 atom stereocenters. The van der Waals surface area contributed by atoms with Crippen molar-refractivity contribution in [2.24, 2.45) is 7.05 Å². The van der Waals surface area contributed by atoms with Crippen LogP contribution in [0.4, 0.5) is 0 Å². The van der Waals surface area contributed by atoms with Crippen molar-refractivity contribution in [1.82, 2.24) is 15.1 Å². The number of fused-ring (bicyclic) bond motifs is 1. The van der Waals surface area contributed by atoms with Crippen molar-refractivity contribution in [3.63, 3.8) is 0 Å². The van der Waals surface area contributed by atoms with Crippen LogP contribution in [-0.2, 0) is 7.05 Å². The number of nitrogens with zero attached hydrogens (tertiary/aromatic N) is 2. The predicted molar refractivity (Wildman–Crippen MR) is 84.5 cm³/mol.